The molecule has 0 radical (unpaired) electrons. The van der Waals surface area contributed by atoms with Gasteiger partial charge in [-0.15, -0.1) is 11.3 Å². The summed E-state index contributed by atoms with van der Waals surface area (Å²) in [6.07, 6.45) is 0. The molecule has 0 fully saturated rings. The molecule has 6 heterocycles. The molecule has 20 aromatic rings. The smallest absolute Gasteiger partial charge is 0.227 e. The fourth-order valence-electron chi connectivity index (χ4n) is 14.1. The highest BCUT2D eigenvalue weighted by Gasteiger charge is 2.19. The molecule has 20 rings (SSSR count). The summed E-state index contributed by atoms with van der Waals surface area (Å²) in [4.78, 5) is 30.5. The summed E-state index contributed by atoms with van der Waals surface area (Å²) < 4.78 is 22.0. The summed E-state index contributed by atoms with van der Waals surface area (Å²) in [7, 11) is 0. The van der Waals surface area contributed by atoms with Gasteiger partial charge in [0.25, 0.3) is 0 Å². The molecular weight excluding hydrogens is 1290 g/mol. The first-order chi connectivity index (χ1) is 51.4. The topological polar surface area (TPSA) is 117 Å². The van der Waals surface area contributed by atoms with Crippen molar-refractivity contribution in [3.8, 4) is 146 Å². The Morgan fingerprint density at radius 1 is 0.183 bits per heavy atom. The van der Waals surface area contributed by atoms with Crippen molar-refractivity contribution in [1.29, 1.82) is 0 Å². The third kappa shape index (κ3) is 11.2. The molecule has 0 saturated heterocycles. The van der Waals surface area contributed by atoms with Crippen LogP contribution in [-0.2, 0) is 0 Å². The van der Waals surface area contributed by atoms with Gasteiger partial charge in [0, 0.05) is 75.5 Å². The second kappa shape index (κ2) is 25.1. The summed E-state index contributed by atoms with van der Waals surface area (Å²) >= 11 is 1.84. The summed E-state index contributed by atoms with van der Waals surface area (Å²) in [6, 6.07) is 118. The highest BCUT2D eigenvalue weighted by molar-refractivity contribution is 7.25. The molecule has 0 aliphatic rings. The molecular formula is C94H56N6O3S. The number of hydrogen-bond donors (Lipinski definition) is 0. The van der Waals surface area contributed by atoms with E-state index in [1.54, 1.807) is 0 Å². The molecule has 0 amide bonds. The Morgan fingerprint density at radius 2 is 0.510 bits per heavy atom. The lowest BCUT2D eigenvalue weighted by atomic mass is 9.99. The molecule has 0 bridgehead atoms. The molecule has 486 valence electrons. The van der Waals surface area contributed by atoms with Gasteiger partial charge >= 0.3 is 0 Å². The fraction of sp³-hybridized carbons (Fsp3) is 0. The molecule has 0 aliphatic heterocycles. The zero-order valence-corrected chi connectivity index (χ0v) is 56.5. The molecule has 9 nitrogen and oxygen atoms in total. The van der Waals surface area contributed by atoms with Crippen LogP contribution in [0.3, 0.4) is 0 Å². The molecule has 0 N–H and O–H groups in total. The Hall–Kier alpha value is -13.8. The lowest BCUT2D eigenvalue weighted by Crippen LogP contribution is -1.96. The molecule has 0 unspecified atom stereocenters. The van der Waals surface area contributed by atoms with E-state index in [0.717, 1.165) is 156 Å². The van der Waals surface area contributed by atoms with Crippen molar-refractivity contribution in [2.75, 3.05) is 0 Å². The Bertz CT molecular complexity index is 6630. The zero-order chi connectivity index (χ0) is 68.6. The van der Waals surface area contributed by atoms with Crippen LogP contribution in [0.1, 0.15) is 0 Å². The minimum Gasteiger partial charge on any atom is -0.456 e. The Balaban J connectivity index is 0.561. The van der Waals surface area contributed by atoms with Crippen LogP contribution in [0.15, 0.2) is 353 Å². The number of nitrogens with zero attached hydrogens (tertiary/aromatic N) is 6. The molecule has 104 heavy (non-hydrogen) atoms. The predicted molar refractivity (Wildman–Crippen MR) is 424 cm³/mol. The van der Waals surface area contributed by atoms with Crippen LogP contribution in [0.2, 0.25) is 0 Å². The fourth-order valence-corrected chi connectivity index (χ4v) is 15.3. The number of rotatable bonds is 13. The number of oxazole rings is 2. The standard InChI is InChI=1S/C94H56N6O3S/c1-3-11-57(12-4-1)59-23-35-67(36-24-59)91-95-81(55-83(97-91)65-31-39-69(40-32-65)93-99-79-16-8-9-17-85(79)102-93)63-27-19-61(20-28-63)71-43-47-75-76-48-44-72(52-87(76)101-86(75)51-71)73-46-50-80-88(53-73)103-94(100-80)70-41-33-66(34-42-70)84-56-82(96-92(98-84)68-37-25-60(26-38-68)58-13-5-2-6-14-58)64-29-21-62(22-30-64)74-45-49-78-77-15-7-10-18-89(77)104-90(78)54-74/h1-56H. The number of hydrogen-bond acceptors (Lipinski definition) is 10. The van der Waals surface area contributed by atoms with E-state index < -0.39 is 0 Å². The van der Waals surface area contributed by atoms with E-state index in [2.05, 4.69) is 285 Å². The van der Waals surface area contributed by atoms with Gasteiger partial charge in [-0.25, -0.2) is 29.9 Å². The van der Waals surface area contributed by atoms with Gasteiger partial charge < -0.3 is 13.3 Å². The highest BCUT2D eigenvalue weighted by atomic mass is 32.1. The average Bonchev–Trinajstić information content (AvgIpc) is 1.53. The van der Waals surface area contributed by atoms with Crippen molar-refractivity contribution < 1.29 is 13.3 Å². The maximum absolute atomic E-state index is 6.70. The molecule has 0 saturated carbocycles. The number of thiophene rings is 1. The minimum atomic E-state index is 0.533. The van der Waals surface area contributed by atoms with Gasteiger partial charge in [-0.3, -0.25) is 0 Å². The van der Waals surface area contributed by atoms with Crippen molar-refractivity contribution in [1.82, 2.24) is 29.9 Å². The van der Waals surface area contributed by atoms with Crippen molar-refractivity contribution in [2.45, 2.75) is 0 Å². The average molecular weight is 1350 g/mol. The van der Waals surface area contributed by atoms with Gasteiger partial charge in [0.2, 0.25) is 11.8 Å². The maximum Gasteiger partial charge on any atom is 0.227 e. The van der Waals surface area contributed by atoms with E-state index in [-0.39, 0.29) is 0 Å². The van der Waals surface area contributed by atoms with Gasteiger partial charge in [0.1, 0.15) is 22.2 Å². The van der Waals surface area contributed by atoms with E-state index >= 15 is 0 Å². The second-order valence-corrected chi connectivity index (χ2v) is 27.2. The first-order valence-corrected chi connectivity index (χ1v) is 35.4. The number of furan rings is 1. The lowest BCUT2D eigenvalue weighted by Gasteiger charge is -2.11. The van der Waals surface area contributed by atoms with Crippen LogP contribution in [0.5, 0.6) is 0 Å². The van der Waals surface area contributed by atoms with Gasteiger partial charge in [-0.2, -0.15) is 0 Å². The van der Waals surface area contributed by atoms with Gasteiger partial charge in [-0.1, -0.05) is 243 Å². The Labute approximate surface area is 601 Å². The van der Waals surface area contributed by atoms with Crippen molar-refractivity contribution >= 4 is 75.6 Å². The van der Waals surface area contributed by atoms with Crippen LogP contribution in [0.25, 0.3) is 211 Å². The summed E-state index contributed by atoms with van der Waals surface area (Å²) in [5, 5.41) is 4.68. The van der Waals surface area contributed by atoms with E-state index in [9.17, 15) is 0 Å². The normalized spacial score (nSPS) is 11.7. The number of aromatic nitrogens is 6. The third-order valence-corrected chi connectivity index (χ3v) is 20.8. The van der Waals surface area contributed by atoms with Crippen molar-refractivity contribution in [3.63, 3.8) is 0 Å². The summed E-state index contributed by atoms with van der Waals surface area (Å²) in [5.74, 6) is 2.39. The largest absolute Gasteiger partial charge is 0.456 e. The van der Waals surface area contributed by atoms with Gasteiger partial charge in [0.05, 0.1) is 22.8 Å². The molecule has 10 heteroatoms. The third-order valence-electron chi connectivity index (χ3n) is 19.7. The Kier molecular flexibility index (Phi) is 14.5. The quantitative estimate of drug-likeness (QED) is 0.111. The van der Waals surface area contributed by atoms with E-state index in [1.165, 1.54) is 25.7 Å². The van der Waals surface area contributed by atoms with Gasteiger partial charge in [0.15, 0.2) is 22.8 Å². The first-order valence-electron chi connectivity index (χ1n) is 34.6. The number of benzene rings is 14. The summed E-state index contributed by atoms with van der Waals surface area (Å²) in [6.45, 7) is 0. The van der Waals surface area contributed by atoms with E-state index in [4.69, 9.17) is 43.2 Å². The molecule has 6 aromatic heterocycles. The predicted octanol–water partition coefficient (Wildman–Crippen LogP) is 25.5. The van der Waals surface area contributed by atoms with E-state index in [0.29, 0.717) is 29.0 Å². The van der Waals surface area contributed by atoms with Crippen LogP contribution in [0.4, 0.5) is 0 Å². The molecule has 14 aromatic carbocycles. The second-order valence-electron chi connectivity index (χ2n) is 26.1. The number of fused-ring (bicyclic) bond motifs is 8. The minimum absolute atomic E-state index is 0.533. The zero-order valence-electron chi connectivity index (χ0n) is 55.6. The monoisotopic (exact) mass is 1350 g/mol. The first kappa shape index (κ1) is 60.2. The van der Waals surface area contributed by atoms with Gasteiger partial charge in [-0.05, 0) is 153 Å². The van der Waals surface area contributed by atoms with E-state index in [1.807, 2.05) is 65.9 Å². The molecule has 0 aliphatic carbocycles. The molecule has 0 spiro atoms. The van der Waals surface area contributed by atoms with Crippen LogP contribution < -0.4 is 0 Å². The highest BCUT2D eigenvalue weighted by Crippen LogP contribution is 2.41. The maximum atomic E-state index is 6.70. The van der Waals surface area contributed by atoms with Crippen LogP contribution >= 0.6 is 11.3 Å². The van der Waals surface area contributed by atoms with Crippen LogP contribution in [-0.4, -0.2) is 29.9 Å². The van der Waals surface area contributed by atoms with Crippen molar-refractivity contribution in [3.05, 3.63) is 340 Å². The lowest BCUT2D eigenvalue weighted by molar-refractivity contribution is 0.619. The molecule has 0 atom stereocenters. The van der Waals surface area contributed by atoms with Crippen LogP contribution in [0, 0.1) is 0 Å². The SMILES string of the molecule is c1ccc(-c2ccc(-c3nc(-c4ccc(-c5ccc6c(c5)oc5cc(-c7ccc8nc(-c9ccc(-c%10cc(-c%11ccc(-c%12ccc%13c(c%12)sc%12ccccc%12%13)cc%11)nc(-c%11ccc(-c%12ccccc%12)cc%11)n%10)cc9)oc8c7)ccc56)cc4)cc(-c4ccc(-c5nc6ccccc6o5)cc4)n3)cc2)cc1. The summed E-state index contributed by atoms with van der Waals surface area (Å²) in [5.41, 5.74) is 26.3. The van der Waals surface area contributed by atoms with Crippen molar-refractivity contribution in [2.24, 2.45) is 0 Å². The Morgan fingerprint density at radius 3 is 1.00 bits per heavy atom. The number of para-hydroxylation sites is 2.